The van der Waals surface area contributed by atoms with Gasteiger partial charge >= 0.3 is 6.18 Å². The van der Waals surface area contributed by atoms with Gasteiger partial charge in [-0.3, -0.25) is 4.79 Å². The molecule has 4 heteroatoms. The van der Waals surface area contributed by atoms with E-state index in [2.05, 4.69) is 0 Å². The fraction of sp³-hybridized carbons (Fsp3) is 0.900. The molecule has 0 N–H and O–H groups in total. The van der Waals surface area contributed by atoms with Crippen molar-refractivity contribution in [3.05, 3.63) is 0 Å². The van der Waals surface area contributed by atoms with Crippen molar-refractivity contribution in [1.29, 1.82) is 0 Å². The number of carbonyl (C=O) groups excluding carboxylic acids is 1. The Labute approximate surface area is 81.7 Å². The highest BCUT2D eigenvalue weighted by molar-refractivity contribution is 5.81. The number of hydrogen-bond donors (Lipinski definition) is 0. The Balaban J connectivity index is 2.65. The minimum absolute atomic E-state index is 0.0131. The van der Waals surface area contributed by atoms with Gasteiger partial charge in [0.1, 0.15) is 11.7 Å². The Morgan fingerprint density at radius 3 is 2.43 bits per heavy atom. The molecule has 0 aromatic rings. The molecule has 1 fully saturated rings. The summed E-state index contributed by atoms with van der Waals surface area (Å²) in [6.07, 6.45) is -2.21. The number of halogens is 3. The predicted molar refractivity (Wildman–Crippen MR) is 46.8 cm³/mol. The molecule has 1 rings (SSSR count). The number of Topliss-reactive ketones (excluding diaryl/α,β-unsaturated/α-hetero) is 1. The van der Waals surface area contributed by atoms with Gasteiger partial charge in [-0.1, -0.05) is 13.3 Å². The van der Waals surface area contributed by atoms with E-state index in [1.807, 2.05) is 6.92 Å². The topological polar surface area (TPSA) is 17.1 Å². The van der Waals surface area contributed by atoms with Crippen LogP contribution in [0, 0.1) is 11.8 Å². The predicted octanol–water partition coefficient (Wildman–Crippen LogP) is 3.33. The molecule has 2 atom stereocenters. The largest absolute Gasteiger partial charge is 0.398 e. The van der Waals surface area contributed by atoms with Crippen LogP contribution in [0.15, 0.2) is 0 Å². The highest BCUT2D eigenvalue weighted by Crippen LogP contribution is 2.36. The van der Waals surface area contributed by atoms with Gasteiger partial charge in [-0.2, -0.15) is 13.2 Å². The third-order valence-corrected chi connectivity index (χ3v) is 3.02. The minimum atomic E-state index is -4.33. The Morgan fingerprint density at radius 2 is 1.93 bits per heavy atom. The van der Waals surface area contributed by atoms with Crippen molar-refractivity contribution < 1.29 is 18.0 Å². The van der Waals surface area contributed by atoms with Gasteiger partial charge in [0.2, 0.25) is 0 Å². The summed E-state index contributed by atoms with van der Waals surface area (Å²) in [5.41, 5.74) is 0. The van der Waals surface area contributed by atoms with E-state index in [0.717, 1.165) is 6.42 Å². The van der Waals surface area contributed by atoms with E-state index >= 15 is 0 Å². The molecule has 0 amide bonds. The first-order valence-electron chi connectivity index (χ1n) is 5.04. The van der Waals surface area contributed by atoms with Crippen LogP contribution in [0.1, 0.15) is 39.0 Å². The van der Waals surface area contributed by atoms with Crippen molar-refractivity contribution in [2.24, 2.45) is 11.8 Å². The van der Waals surface area contributed by atoms with Crippen molar-refractivity contribution >= 4 is 5.78 Å². The lowest BCUT2D eigenvalue weighted by Gasteiger charge is -2.16. The second-order valence-electron chi connectivity index (χ2n) is 3.95. The van der Waals surface area contributed by atoms with Crippen LogP contribution in [0.3, 0.4) is 0 Å². The van der Waals surface area contributed by atoms with E-state index in [1.165, 1.54) is 0 Å². The molecule has 0 aromatic carbocycles. The van der Waals surface area contributed by atoms with Crippen LogP contribution in [0.4, 0.5) is 13.2 Å². The van der Waals surface area contributed by atoms with Gasteiger partial charge in [-0.15, -0.1) is 0 Å². The molecule has 0 spiro atoms. The number of ketones is 1. The molecule has 1 aliphatic rings. The van der Waals surface area contributed by atoms with Gasteiger partial charge in [0, 0.05) is 6.42 Å². The SMILES string of the molecule is CCC1CCC(=O)C(C(F)(F)F)CC1. The highest BCUT2D eigenvalue weighted by Gasteiger charge is 2.44. The third-order valence-electron chi connectivity index (χ3n) is 3.02. The maximum atomic E-state index is 12.4. The zero-order chi connectivity index (χ0) is 10.8. The Hall–Kier alpha value is -0.540. The molecule has 0 aromatic heterocycles. The van der Waals surface area contributed by atoms with E-state index < -0.39 is 17.9 Å². The summed E-state index contributed by atoms with van der Waals surface area (Å²) < 4.78 is 37.1. The van der Waals surface area contributed by atoms with Crippen molar-refractivity contribution in [2.75, 3.05) is 0 Å². The number of hydrogen-bond acceptors (Lipinski definition) is 1. The van der Waals surface area contributed by atoms with Crippen molar-refractivity contribution in [2.45, 2.75) is 45.2 Å². The molecular formula is C10H15F3O. The van der Waals surface area contributed by atoms with Crippen molar-refractivity contribution in [3.63, 3.8) is 0 Å². The molecule has 1 nitrogen and oxygen atoms in total. The van der Waals surface area contributed by atoms with E-state index in [9.17, 15) is 18.0 Å². The Bertz CT molecular complexity index is 210. The van der Waals surface area contributed by atoms with Crippen LogP contribution in [-0.2, 0) is 4.79 Å². The van der Waals surface area contributed by atoms with Crippen LogP contribution in [-0.4, -0.2) is 12.0 Å². The van der Waals surface area contributed by atoms with E-state index in [0.29, 0.717) is 18.8 Å². The summed E-state index contributed by atoms with van der Waals surface area (Å²) >= 11 is 0. The van der Waals surface area contributed by atoms with Crippen LogP contribution in [0.2, 0.25) is 0 Å². The number of carbonyl (C=O) groups is 1. The lowest BCUT2D eigenvalue weighted by atomic mass is 9.96. The summed E-state index contributed by atoms with van der Waals surface area (Å²) in [5, 5.41) is 0. The zero-order valence-corrected chi connectivity index (χ0v) is 8.23. The maximum absolute atomic E-state index is 12.4. The molecule has 0 aliphatic heterocycles. The second kappa shape index (κ2) is 4.32. The average Bonchev–Trinajstić information content (AvgIpc) is 2.25. The number of alkyl halides is 3. The van der Waals surface area contributed by atoms with Crippen LogP contribution >= 0.6 is 0 Å². The minimum Gasteiger partial charge on any atom is -0.299 e. The monoisotopic (exact) mass is 208 g/mol. The van der Waals surface area contributed by atoms with Crippen LogP contribution in [0.25, 0.3) is 0 Å². The number of rotatable bonds is 1. The Morgan fingerprint density at radius 1 is 1.29 bits per heavy atom. The maximum Gasteiger partial charge on any atom is 0.398 e. The summed E-state index contributed by atoms with van der Waals surface area (Å²) in [7, 11) is 0. The molecule has 0 radical (unpaired) electrons. The van der Waals surface area contributed by atoms with Gasteiger partial charge in [0.05, 0.1) is 0 Å². The zero-order valence-electron chi connectivity index (χ0n) is 8.23. The van der Waals surface area contributed by atoms with Crippen LogP contribution < -0.4 is 0 Å². The first kappa shape index (κ1) is 11.5. The molecule has 1 aliphatic carbocycles. The summed E-state index contributed by atoms with van der Waals surface area (Å²) in [5.74, 6) is -2.02. The normalized spacial score (nSPS) is 30.1. The van der Waals surface area contributed by atoms with Gasteiger partial charge < -0.3 is 0 Å². The smallest absolute Gasteiger partial charge is 0.299 e. The Kier molecular flexibility index (Phi) is 3.56. The van der Waals surface area contributed by atoms with E-state index in [-0.39, 0.29) is 12.8 Å². The second-order valence-corrected chi connectivity index (χ2v) is 3.95. The third kappa shape index (κ3) is 2.72. The quantitative estimate of drug-likeness (QED) is 0.604. The van der Waals surface area contributed by atoms with Gasteiger partial charge in [-0.05, 0) is 25.2 Å². The summed E-state index contributed by atoms with van der Waals surface area (Å²) in [6.45, 7) is 1.96. The van der Waals surface area contributed by atoms with Gasteiger partial charge in [0.15, 0.2) is 0 Å². The highest BCUT2D eigenvalue weighted by atomic mass is 19.4. The fourth-order valence-corrected chi connectivity index (χ4v) is 1.98. The van der Waals surface area contributed by atoms with E-state index in [4.69, 9.17) is 0 Å². The molecule has 2 unspecified atom stereocenters. The molecule has 82 valence electrons. The lowest BCUT2D eigenvalue weighted by molar-refractivity contribution is -0.182. The van der Waals surface area contributed by atoms with Gasteiger partial charge in [-0.25, -0.2) is 0 Å². The molecule has 1 saturated carbocycles. The first-order chi connectivity index (χ1) is 6.45. The van der Waals surface area contributed by atoms with E-state index in [1.54, 1.807) is 0 Å². The van der Waals surface area contributed by atoms with Crippen molar-refractivity contribution in [1.82, 2.24) is 0 Å². The molecular weight excluding hydrogens is 193 g/mol. The molecule has 0 bridgehead atoms. The van der Waals surface area contributed by atoms with Crippen LogP contribution in [0.5, 0.6) is 0 Å². The lowest BCUT2D eigenvalue weighted by Crippen LogP contribution is -2.29. The fourth-order valence-electron chi connectivity index (χ4n) is 1.98. The van der Waals surface area contributed by atoms with Crippen molar-refractivity contribution in [3.8, 4) is 0 Å². The summed E-state index contributed by atoms with van der Waals surface area (Å²) in [6, 6.07) is 0. The molecule has 0 heterocycles. The average molecular weight is 208 g/mol. The standard InChI is InChI=1S/C10H15F3O/c1-2-7-3-5-8(10(11,12)13)9(14)6-4-7/h7-8H,2-6H2,1H3. The summed E-state index contributed by atoms with van der Waals surface area (Å²) in [4.78, 5) is 11.2. The first-order valence-corrected chi connectivity index (χ1v) is 5.04. The van der Waals surface area contributed by atoms with Gasteiger partial charge in [0.25, 0.3) is 0 Å². The molecule has 0 saturated heterocycles. The molecule has 14 heavy (non-hydrogen) atoms.